The fourth-order valence-electron chi connectivity index (χ4n) is 2.28. The number of para-hydroxylation sites is 1. The zero-order valence-electron chi connectivity index (χ0n) is 11.2. The first kappa shape index (κ1) is 13.2. The summed E-state index contributed by atoms with van der Waals surface area (Å²) < 4.78 is 14.5. The third-order valence-corrected chi connectivity index (χ3v) is 4.25. The van der Waals surface area contributed by atoms with Crippen LogP contribution in [0.5, 0.6) is 0 Å². The van der Waals surface area contributed by atoms with Gasteiger partial charge in [0.25, 0.3) is 0 Å². The van der Waals surface area contributed by atoms with Crippen LogP contribution in [0.2, 0.25) is 0 Å². The number of benzene rings is 2. The van der Waals surface area contributed by atoms with E-state index >= 15 is 0 Å². The molecule has 0 radical (unpaired) electrons. The van der Waals surface area contributed by atoms with Crippen LogP contribution in [0.4, 0.5) is 4.39 Å². The maximum atomic E-state index is 13.3. The summed E-state index contributed by atoms with van der Waals surface area (Å²) in [5.41, 5.74) is 3.15. The normalized spacial score (nSPS) is 11.1. The van der Waals surface area contributed by atoms with Crippen molar-refractivity contribution in [3.63, 3.8) is 0 Å². The molecule has 2 aromatic carbocycles. The lowest BCUT2D eigenvalue weighted by atomic mass is 10.0. The average molecular weight is 286 g/mol. The smallest absolute Gasteiger partial charge is 0.123 e. The van der Waals surface area contributed by atoms with E-state index in [4.69, 9.17) is 0 Å². The molecule has 0 unspecified atom stereocenters. The molecule has 0 spiro atoms. The van der Waals surface area contributed by atoms with Gasteiger partial charge in [0.05, 0.1) is 15.2 Å². The molecule has 0 aliphatic carbocycles. The molecule has 0 bridgehead atoms. The quantitative estimate of drug-likeness (QED) is 0.790. The second-order valence-electron chi connectivity index (χ2n) is 4.70. The van der Waals surface area contributed by atoms with E-state index in [-0.39, 0.29) is 5.82 Å². The predicted molar refractivity (Wildman–Crippen MR) is 81.6 cm³/mol. The first-order chi connectivity index (χ1) is 9.76. The summed E-state index contributed by atoms with van der Waals surface area (Å²) in [6.45, 7) is 0.665. The first-order valence-electron chi connectivity index (χ1n) is 6.52. The zero-order valence-corrected chi connectivity index (χ0v) is 12.0. The molecular formula is C16H15FN2S. The molecule has 3 aromatic rings. The molecule has 0 amide bonds. The van der Waals surface area contributed by atoms with Crippen LogP contribution in [0, 0.1) is 5.82 Å². The second-order valence-corrected chi connectivity index (χ2v) is 5.81. The number of rotatable bonds is 4. The molecule has 102 valence electrons. The summed E-state index contributed by atoms with van der Waals surface area (Å²) in [4.78, 5) is 4.64. The third kappa shape index (κ3) is 2.71. The summed E-state index contributed by atoms with van der Waals surface area (Å²) >= 11 is 1.70. The summed E-state index contributed by atoms with van der Waals surface area (Å²) in [6.07, 6.45) is 0.747. The maximum absolute atomic E-state index is 13.3. The van der Waals surface area contributed by atoms with Gasteiger partial charge >= 0.3 is 0 Å². The standard InChI is InChI=1S/C16H15FN2S/c1-18-10-12-8-13(17)7-6-11(12)9-16-19-14-4-2-3-5-15(14)20-16/h2-8,18H,9-10H2,1H3. The molecule has 4 heteroatoms. The molecule has 1 aromatic heterocycles. The van der Waals surface area contributed by atoms with Gasteiger partial charge in [-0.3, -0.25) is 0 Å². The summed E-state index contributed by atoms with van der Waals surface area (Å²) in [5.74, 6) is -0.191. The molecule has 2 nitrogen and oxygen atoms in total. The van der Waals surface area contributed by atoms with E-state index in [9.17, 15) is 4.39 Å². The minimum atomic E-state index is -0.191. The molecular weight excluding hydrogens is 271 g/mol. The van der Waals surface area contributed by atoms with E-state index in [0.717, 1.165) is 28.1 Å². The van der Waals surface area contributed by atoms with Gasteiger partial charge in [-0.25, -0.2) is 9.37 Å². The van der Waals surface area contributed by atoms with E-state index in [1.54, 1.807) is 17.4 Å². The lowest BCUT2D eigenvalue weighted by Gasteiger charge is -2.07. The van der Waals surface area contributed by atoms with Crippen LogP contribution in [-0.4, -0.2) is 12.0 Å². The first-order valence-corrected chi connectivity index (χ1v) is 7.34. The lowest BCUT2D eigenvalue weighted by molar-refractivity contribution is 0.622. The summed E-state index contributed by atoms with van der Waals surface area (Å²) in [7, 11) is 1.87. The van der Waals surface area contributed by atoms with Gasteiger partial charge < -0.3 is 5.32 Å². The highest BCUT2D eigenvalue weighted by Crippen LogP contribution is 2.25. The van der Waals surface area contributed by atoms with E-state index in [1.807, 2.05) is 31.3 Å². The van der Waals surface area contributed by atoms with Gasteiger partial charge in [0.15, 0.2) is 0 Å². The van der Waals surface area contributed by atoms with Crippen molar-refractivity contribution in [1.29, 1.82) is 0 Å². The van der Waals surface area contributed by atoms with Gasteiger partial charge in [-0.05, 0) is 42.4 Å². The SMILES string of the molecule is CNCc1cc(F)ccc1Cc1nc2ccccc2s1. The van der Waals surface area contributed by atoms with Gasteiger partial charge in [0.2, 0.25) is 0 Å². The highest BCUT2D eigenvalue weighted by Gasteiger charge is 2.08. The number of aromatic nitrogens is 1. The number of fused-ring (bicyclic) bond motifs is 1. The number of thiazole rings is 1. The Labute approximate surface area is 121 Å². The molecule has 1 heterocycles. The van der Waals surface area contributed by atoms with Crippen molar-refractivity contribution in [2.24, 2.45) is 0 Å². The van der Waals surface area contributed by atoms with Crippen molar-refractivity contribution in [3.05, 3.63) is 64.4 Å². The van der Waals surface area contributed by atoms with Crippen molar-refractivity contribution in [1.82, 2.24) is 10.3 Å². The molecule has 20 heavy (non-hydrogen) atoms. The molecule has 0 saturated carbocycles. The van der Waals surface area contributed by atoms with Crippen molar-refractivity contribution in [2.45, 2.75) is 13.0 Å². The van der Waals surface area contributed by atoms with Crippen LogP contribution in [0.3, 0.4) is 0 Å². The van der Waals surface area contributed by atoms with Crippen LogP contribution < -0.4 is 5.32 Å². The Morgan fingerprint density at radius 2 is 2.00 bits per heavy atom. The third-order valence-electron chi connectivity index (χ3n) is 3.22. The topological polar surface area (TPSA) is 24.9 Å². The second kappa shape index (κ2) is 5.69. The van der Waals surface area contributed by atoms with Crippen LogP contribution in [0.1, 0.15) is 16.1 Å². The summed E-state index contributed by atoms with van der Waals surface area (Å²) in [5, 5.41) is 4.15. The molecule has 0 saturated heterocycles. The van der Waals surface area contributed by atoms with Gasteiger partial charge in [-0.15, -0.1) is 11.3 Å². The van der Waals surface area contributed by atoms with Gasteiger partial charge in [0, 0.05) is 13.0 Å². The fourth-order valence-corrected chi connectivity index (χ4v) is 3.27. The number of nitrogens with zero attached hydrogens (tertiary/aromatic N) is 1. The Bertz CT molecular complexity index is 703. The van der Waals surface area contributed by atoms with Gasteiger partial charge in [-0.2, -0.15) is 0 Å². The molecule has 0 aliphatic heterocycles. The van der Waals surface area contributed by atoms with E-state index in [2.05, 4.69) is 16.4 Å². The predicted octanol–water partition coefficient (Wildman–Crippen LogP) is 3.75. The Kier molecular flexibility index (Phi) is 3.76. The molecule has 3 rings (SSSR count). The zero-order chi connectivity index (χ0) is 13.9. The van der Waals surface area contributed by atoms with Crippen molar-refractivity contribution >= 4 is 21.6 Å². The van der Waals surface area contributed by atoms with Crippen molar-refractivity contribution in [2.75, 3.05) is 7.05 Å². The molecule has 0 atom stereocenters. The van der Waals surface area contributed by atoms with Crippen LogP contribution >= 0.6 is 11.3 Å². The Balaban J connectivity index is 1.93. The molecule has 0 aliphatic rings. The van der Waals surface area contributed by atoms with E-state index < -0.39 is 0 Å². The number of hydrogen-bond donors (Lipinski definition) is 1. The Morgan fingerprint density at radius 1 is 1.15 bits per heavy atom. The van der Waals surface area contributed by atoms with Crippen LogP contribution in [-0.2, 0) is 13.0 Å². The van der Waals surface area contributed by atoms with Gasteiger partial charge in [-0.1, -0.05) is 18.2 Å². The average Bonchev–Trinajstić information content (AvgIpc) is 2.84. The lowest BCUT2D eigenvalue weighted by Crippen LogP contribution is -2.08. The minimum absolute atomic E-state index is 0.191. The summed E-state index contributed by atoms with van der Waals surface area (Å²) in [6, 6.07) is 13.1. The highest BCUT2D eigenvalue weighted by atomic mass is 32.1. The van der Waals surface area contributed by atoms with E-state index in [1.165, 1.54) is 10.8 Å². The number of hydrogen-bond acceptors (Lipinski definition) is 3. The fraction of sp³-hybridized carbons (Fsp3) is 0.188. The van der Waals surface area contributed by atoms with Gasteiger partial charge in [0.1, 0.15) is 5.82 Å². The van der Waals surface area contributed by atoms with Crippen LogP contribution in [0.25, 0.3) is 10.2 Å². The van der Waals surface area contributed by atoms with Crippen LogP contribution in [0.15, 0.2) is 42.5 Å². The van der Waals surface area contributed by atoms with Crippen molar-refractivity contribution < 1.29 is 4.39 Å². The maximum Gasteiger partial charge on any atom is 0.123 e. The number of nitrogens with one attached hydrogen (secondary N) is 1. The Hall–Kier alpha value is -1.78. The largest absolute Gasteiger partial charge is 0.316 e. The minimum Gasteiger partial charge on any atom is -0.316 e. The highest BCUT2D eigenvalue weighted by molar-refractivity contribution is 7.18. The van der Waals surface area contributed by atoms with Crippen molar-refractivity contribution in [3.8, 4) is 0 Å². The van der Waals surface area contributed by atoms with E-state index in [0.29, 0.717) is 6.54 Å². The Morgan fingerprint density at radius 3 is 2.80 bits per heavy atom. The molecule has 0 fully saturated rings. The number of halogens is 1. The molecule has 1 N–H and O–H groups in total. The monoisotopic (exact) mass is 286 g/mol.